The van der Waals surface area contributed by atoms with Crippen LogP contribution >= 0.6 is 0 Å². The first-order valence-electron chi connectivity index (χ1n) is 9.31. The quantitative estimate of drug-likeness (QED) is 0.137. The fourth-order valence-corrected chi connectivity index (χ4v) is 2.67. The number of nitrogens with two attached hydrogens (primary N) is 1. The number of carbonyl (C=O) groups excluding carboxylic acids is 2. The van der Waals surface area contributed by atoms with Gasteiger partial charge in [-0.05, 0) is 13.0 Å². The molecule has 0 heterocycles. The summed E-state index contributed by atoms with van der Waals surface area (Å²) in [7, 11) is 0. The summed E-state index contributed by atoms with van der Waals surface area (Å²) in [5.41, 5.74) is 5.26. The molecule has 0 aromatic rings. The predicted octanol–water partition coefficient (Wildman–Crippen LogP) is -2.25. The molecule has 0 saturated heterocycles. The van der Waals surface area contributed by atoms with Gasteiger partial charge in [-0.25, -0.2) is 0 Å². The molecule has 0 aromatic carbocycles. The normalized spacial score (nSPS) is 11.3. The fourth-order valence-electron chi connectivity index (χ4n) is 2.67. The predicted molar refractivity (Wildman–Crippen MR) is 103 cm³/mol. The van der Waals surface area contributed by atoms with E-state index in [0.717, 1.165) is 19.3 Å². The molecule has 0 fully saturated rings. The van der Waals surface area contributed by atoms with Gasteiger partial charge in [-0.1, -0.05) is 6.92 Å². The third-order valence-electron chi connectivity index (χ3n) is 3.96. The second-order valence-electron chi connectivity index (χ2n) is 6.45. The monoisotopic (exact) mass is 403 g/mol. The average molecular weight is 403 g/mol. The van der Waals surface area contributed by atoms with E-state index in [-0.39, 0.29) is 19.6 Å². The lowest BCUT2D eigenvalue weighted by Crippen LogP contribution is -2.45. The van der Waals surface area contributed by atoms with E-state index < -0.39 is 17.8 Å². The zero-order valence-corrected chi connectivity index (χ0v) is 16.5. The molecule has 0 atom stereocenters. The molecule has 0 bridgehead atoms. The highest BCUT2D eigenvalue weighted by Crippen LogP contribution is 1.97. The van der Waals surface area contributed by atoms with Crippen molar-refractivity contribution in [2.45, 2.75) is 13.3 Å². The molecule has 0 saturated carbocycles. The maximum Gasteiger partial charge on any atom is 0.317 e. The van der Waals surface area contributed by atoms with Crippen molar-refractivity contribution >= 4 is 24.1 Å². The fraction of sp³-hybridized carbons (Fsp3) is 0.765. The highest BCUT2D eigenvalue weighted by molar-refractivity contribution is 5.75. The minimum absolute atomic E-state index is 0.00274. The van der Waals surface area contributed by atoms with Crippen molar-refractivity contribution in [2.24, 2.45) is 5.73 Å². The van der Waals surface area contributed by atoms with Gasteiger partial charge in [0.1, 0.15) is 6.29 Å². The number of nitrogens with zero attached hydrogens (tertiary/aromatic N) is 3. The maximum absolute atomic E-state index is 11.3. The number of carbonyl (C=O) groups is 4. The van der Waals surface area contributed by atoms with Crippen molar-refractivity contribution in [2.75, 3.05) is 72.0 Å². The molecule has 162 valence electrons. The second kappa shape index (κ2) is 15.9. The minimum atomic E-state index is -0.971. The molecule has 0 aliphatic rings. The average Bonchev–Trinajstić information content (AvgIpc) is 2.59. The van der Waals surface area contributed by atoms with Gasteiger partial charge in [0.2, 0.25) is 5.91 Å². The standard InChI is InChI=1S/C17H33N5O6/c1-2-4-20(10-11-23)6-7-22(14-17(27)28)9-8-21(13-15(18)24)5-3-19-12-16(25)26/h11,19H,2-10,12-14H2,1H3,(H2,18,24)(H,25,26)(H,27,28). The smallest absolute Gasteiger partial charge is 0.317 e. The van der Waals surface area contributed by atoms with Crippen LogP contribution in [0.5, 0.6) is 0 Å². The highest BCUT2D eigenvalue weighted by atomic mass is 16.4. The Morgan fingerprint density at radius 1 is 0.893 bits per heavy atom. The number of carboxylic acids is 2. The van der Waals surface area contributed by atoms with Gasteiger partial charge < -0.3 is 26.1 Å². The molecular weight excluding hydrogens is 370 g/mol. The number of rotatable bonds is 19. The van der Waals surface area contributed by atoms with Crippen LogP contribution in [0.1, 0.15) is 13.3 Å². The molecule has 0 aliphatic heterocycles. The van der Waals surface area contributed by atoms with E-state index in [2.05, 4.69) is 5.32 Å². The van der Waals surface area contributed by atoms with Gasteiger partial charge in [0.25, 0.3) is 0 Å². The highest BCUT2D eigenvalue weighted by Gasteiger charge is 2.15. The number of aliphatic carboxylic acids is 2. The van der Waals surface area contributed by atoms with Gasteiger partial charge in [-0.2, -0.15) is 0 Å². The summed E-state index contributed by atoms with van der Waals surface area (Å²) in [5, 5.41) is 20.5. The van der Waals surface area contributed by atoms with Crippen molar-refractivity contribution in [1.29, 1.82) is 0 Å². The van der Waals surface area contributed by atoms with Crippen molar-refractivity contribution < 1.29 is 29.4 Å². The molecule has 11 nitrogen and oxygen atoms in total. The topological polar surface area (TPSA) is 157 Å². The maximum atomic E-state index is 11.3. The summed E-state index contributed by atoms with van der Waals surface area (Å²) < 4.78 is 0. The Labute approximate surface area is 165 Å². The van der Waals surface area contributed by atoms with E-state index >= 15 is 0 Å². The van der Waals surface area contributed by atoms with E-state index in [1.807, 2.05) is 11.8 Å². The molecule has 0 spiro atoms. The van der Waals surface area contributed by atoms with Crippen LogP contribution in [0.15, 0.2) is 0 Å². The summed E-state index contributed by atoms with van der Waals surface area (Å²) in [6, 6.07) is 0. The summed E-state index contributed by atoms with van der Waals surface area (Å²) in [6.07, 6.45) is 1.72. The van der Waals surface area contributed by atoms with Gasteiger partial charge in [0.15, 0.2) is 0 Å². The third-order valence-corrected chi connectivity index (χ3v) is 3.96. The van der Waals surface area contributed by atoms with Crippen LogP contribution < -0.4 is 11.1 Å². The van der Waals surface area contributed by atoms with Crippen LogP contribution in [0.4, 0.5) is 0 Å². The number of primary amides is 1. The van der Waals surface area contributed by atoms with Crippen molar-refractivity contribution in [3.05, 3.63) is 0 Å². The molecule has 0 aromatic heterocycles. The van der Waals surface area contributed by atoms with Crippen molar-refractivity contribution in [3.63, 3.8) is 0 Å². The van der Waals surface area contributed by atoms with E-state index in [0.29, 0.717) is 45.8 Å². The Morgan fingerprint density at radius 3 is 1.93 bits per heavy atom. The molecule has 0 aliphatic carbocycles. The minimum Gasteiger partial charge on any atom is -0.480 e. The van der Waals surface area contributed by atoms with Crippen LogP contribution in [-0.4, -0.2) is 121 Å². The Balaban J connectivity index is 4.63. The van der Waals surface area contributed by atoms with Gasteiger partial charge in [0, 0.05) is 39.3 Å². The Hall–Kier alpha value is -2.08. The van der Waals surface area contributed by atoms with Gasteiger partial charge >= 0.3 is 11.9 Å². The van der Waals surface area contributed by atoms with Crippen LogP contribution in [0.2, 0.25) is 0 Å². The summed E-state index contributed by atoms with van der Waals surface area (Å²) in [4.78, 5) is 49.1. The number of hydrogen-bond donors (Lipinski definition) is 4. The van der Waals surface area contributed by atoms with Crippen LogP contribution in [0.25, 0.3) is 0 Å². The zero-order chi connectivity index (χ0) is 21.4. The Kier molecular flexibility index (Phi) is 14.7. The number of hydrogen-bond acceptors (Lipinski definition) is 8. The Morgan fingerprint density at radius 2 is 1.46 bits per heavy atom. The molecule has 0 rings (SSSR count). The lowest BCUT2D eigenvalue weighted by Gasteiger charge is -2.28. The van der Waals surface area contributed by atoms with E-state index in [9.17, 15) is 19.2 Å². The molecule has 28 heavy (non-hydrogen) atoms. The first-order chi connectivity index (χ1) is 13.3. The van der Waals surface area contributed by atoms with Crippen LogP contribution in [-0.2, 0) is 19.2 Å². The third kappa shape index (κ3) is 15.0. The second-order valence-corrected chi connectivity index (χ2v) is 6.45. The van der Waals surface area contributed by atoms with Crippen molar-refractivity contribution in [1.82, 2.24) is 20.0 Å². The van der Waals surface area contributed by atoms with Crippen molar-refractivity contribution in [3.8, 4) is 0 Å². The first kappa shape index (κ1) is 25.9. The lowest BCUT2D eigenvalue weighted by atomic mass is 10.3. The molecule has 11 heteroatoms. The number of aldehydes is 1. The number of amides is 1. The molecule has 1 amide bonds. The lowest BCUT2D eigenvalue weighted by molar-refractivity contribution is -0.138. The molecule has 5 N–H and O–H groups in total. The molecule has 0 unspecified atom stereocenters. The molecule has 0 radical (unpaired) electrons. The zero-order valence-electron chi connectivity index (χ0n) is 16.5. The van der Waals surface area contributed by atoms with E-state index in [4.69, 9.17) is 15.9 Å². The summed E-state index contributed by atoms with van der Waals surface area (Å²) >= 11 is 0. The van der Waals surface area contributed by atoms with Gasteiger partial charge in [-0.3, -0.25) is 29.1 Å². The van der Waals surface area contributed by atoms with Crippen LogP contribution in [0.3, 0.4) is 0 Å². The van der Waals surface area contributed by atoms with E-state index in [1.54, 1.807) is 9.80 Å². The SMILES string of the molecule is CCCN(CC=O)CCN(CCN(CCNCC(=O)O)CC(N)=O)CC(=O)O. The van der Waals surface area contributed by atoms with Gasteiger partial charge in [-0.15, -0.1) is 0 Å². The largest absolute Gasteiger partial charge is 0.480 e. The molecular formula is C17H33N5O6. The Bertz CT molecular complexity index is 491. The number of carboxylic acid groups (broad SMARTS) is 2. The van der Waals surface area contributed by atoms with E-state index in [1.165, 1.54) is 0 Å². The van der Waals surface area contributed by atoms with Gasteiger partial charge in [0.05, 0.1) is 26.2 Å². The first-order valence-corrected chi connectivity index (χ1v) is 9.31. The van der Waals surface area contributed by atoms with Crippen LogP contribution in [0, 0.1) is 0 Å². The summed E-state index contributed by atoms with van der Waals surface area (Å²) in [5.74, 6) is -2.44. The number of nitrogens with one attached hydrogen (secondary N) is 1. The summed E-state index contributed by atoms with van der Waals surface area (Å²) in [6.45, 7) is 5.36.